The molecule has 1 fully saturated rings. The summed E-state index contributed by atoms with van der Waals surface area (Å²) in [6, 6.07) is 6.27. The van der Waals surface area contributed by atoms with Gasteiger partial charge in [-0.2, -0.15) is 5.26 Å². The van der Waals surface area contributed by atoms with Crippen molar-refractivity contribution >= 4 is 5.69 Å². The summed E-state index contributed by atoms with van der Waals surface area (Å²) in [5.74, 6) is -0.388. The SMILES string of the molecule is COCC1(CNc2ccc(F)cc2C#N)CCNCC1. The summed E-state index contributed by atoms with van der Waals surface area (Å²) >= 11 is 0. The van der Waals surface area contributed by atoms with Crippen molar-refractivity contribution in [3.63, 3.8) is 0 Å². The van der Waals surface area contributed by atoms with Gasteiger partial charge in [-0.1, -0.05) is 0 Å². The van der Waals surface area contributed by atoms with E-state index in [0.29, 0.717) is 17.9 Å². The Labute approximate surface area is 118 Å². The highest BCUT2D eigenvalue weighted by molar-refractivity contribution is 5.57. The zero-order valence-corrected chi connectivity index (χ0v) is 11.7. The van der Waals surface area contributed by atoms with Gasteiger partial charge in [0, 0.05) is 19.1 Å². The third kappa shape index (κ3) is 3.47. The Balaban J connectivity index is 2.08. The van der Waals surface area contributed by atoms with E-state index in [1.165, 1.54) is 12.1 Å². The number of methoxy groups -OCH3 is 1. The molecule has 0 spiro atoms. The first-order valence-corrected chi connectivity index (χ1v) is 6.82. The summed E-state index contributed by atoms with van der Waals surface area (Å²) in [6.07, 6.45) is 2.05. The fourth-order valence-electron chi connectivity index (χ4n) is 2.68. The minimum atomic E-state index is -0.388. The molecular formula is C15H20FN3O. The number of rotatable bonds is 5. The Kier molecular flexibility index (Phi) is 4.94. The molecule has 0 aliphatic carbocycles. The van der Waals surface area contributed by atoms with Gasteiger partial charge in [0.25, 0.3) is 0 Å². The average Bonchev–Trinajstić information content (AvgIpc) is 2.47. The van der Waals surface area contributed by atoms with Gasteiger partial charge in [-0.25, -0.2) is 4.39 Å². The van der Waals surface area contributed by atoms with Crippen molar-refractivity contribution in [3.05, 3.63) is 29.6 Å². The van der Waals surface area contributed by atoms with Crippen LogP contribution in [0.1, 0.15) is 18.4 Å². The van der Waals surface area contributed by atoms with Crippen LogP contribution in [0.2, 0.25) is 0 Å². The number of ether oxygens (including phenoxy) is 1. The number of benzene rings is 1. The Hall–Kier alpha value is -1.64. The van der Waals surface area contributed by atoms with Crippen molar-refractivity contribution in [2.75, 3.05) is 38.7 Å². The molecule has 1 aromatic rings. The van der Waals surface area contributed by atoms with Gasteiger partial charge in [0.2, 0.25) is 0 Å². The second-order valence-electron chi connectivity index (χ2n) is 5.34. The van der Waals surface area contributed by atoms with Crippen LogP contribution in [0.4, 0.5) is 10.1 Å². The maximum Gasteiger partial charge on any atom is 0.124 e. The topological polar surface area (TPSA) is 57.1 Å². The standard InChI is InChI=1S/C15H20FN3O/c1-20-11-15(4-6-18-7-5-15)10-19-14-3-2-13(16)8-12(14)9-17/h2-3,8,18-19H,4-7,10-11H2,1H3. The van der Waals surface area contributed by atoms with Crippen LogP contribution < -0.4 is 10.6 Å². The van der Waals surface area contributed by atoms with Crippen molar-refractivity contribution in [2.45, 2.75) is 12.8 Å². The summed E-state index contributed by atoms with van der Waals surface area (Å²) in [4.78, 5) is 0. The molecular weight excluding hydrogens is 257 g/mol. The van der Waals surface area contributed by atoms with Gasteiger partial charge in [-0.3, -0.25) is 0 Å². The summed E-state index contributed by atoms with van der Waals surface area (Å²) in [5, 5.41) is 15.7. The third-order valence-electron chi connectivity index (χ3n) is 3.87. The van der Waals surface area contributed by atoms with E-state index < -0.39 is 0 Å². The number of halogens is 1. The highest BCUT2D eigenvalue weighted by atomic mass is 19.1. The summed E-state index contributed by atoms with van der Waals surface area (Å²) in [7, 11) is 1.71. The number of nitrogens with zero attached hydrogens (tertiary/aromatic N) is 1. The maximum atomic E-state index is 13.1. The van der Waals surface area contributed by atoms with E-state index in [9.17, 15) is 4.39 Å². The molecule has 0 aromatic heterocycles. The minimum Gasteiger partial charge on any atom is -0.384 e. The largest absolute Gasteiger partial charge is 0.384 e. The molecule has 0 amide bonds. The molecule has 1 aromatic carbocycles. The van der Waals surface area contributed by atoms with Crippen LogP contribution in [-0.4, -0.2) is 33.4 Å². The first kappa shape index (κ1) is 14.8. The van der Waals surface area contributed by atoms with Crippen molar-refractivity contribution < 1.29 is 9.13 Å². The second-order valence-corrected chi connectivity index (χ2v) is 5.34. The average molecular weight is 277 g/mol. The third-order valence-corrected chi connectivity index (χ3v) is 3.87. The van der Waals surface area contributed by atoms with E-state index in [4.69, 9.17) is 10.00 Å². The Morgan fingerprint density at radius 3 is 2.85 bits per heavy atom. The molecule has 0 bridgehead atoms. The van der Waals surface area contributed by atoms with E-state index in [2.05, 4.69) is 10.6 Å². The van der Waals surface area contributed by atoms with E-state index in [1.54, 1.807) is 13.2 Å². The molecule has 0 saturated carbocycles. The number of nitrogens with one attached hydrogen (secondary N) is 2. The van der Waals surface area contributed by atoms with Crippen LogP contribution in [0.5, 0.6) is 0 Å². The van der Waals surface area contributed by atoms with E-state index >= 15 is 0 Å². The lowest BCUT2D eigenvalue weighted by molar-refractivity contribution is 0.0636. The Morgan fingerprint density at radius 2 is 2.20 bits per heavy atom. The van der Waals surface area contributed by atoms with E-state index in [1.807, 2.05) is 6.07 Å². The predicted molar refractivity (Wildman–Crippen MR) is 76.0 cm³/mol. The molecule has 1 saturated heterocycles. The molecule has 0 radical (unpaired) electrons. The lowest BCUT2D eigenvalue weighted by atomic mass is 9.79. The van der Waals surface area contributed by atoms with Crippen molar-refractivity contribution in [3.8, 4) is 6.07 Å². The summed E-state index contributed by atoms with van der Waals surface area (Å²) < 4.78 is 18.5. The Morgan fingerprint density at radius 1 is 1.45 bits per heavy atom. The van der Waals surface area contributed by atoms with Crippen molar-refractivity contribution in [1.82, 2.24) is 5.32 Å². The molecule has 1 aliphatic rings. The van der Waals surface area contributed by atoms with Crippen LogP contribution in [0.3, 0.4) is 0 Å². The summed E-state index contributed by atoms with van der Waals surface area (Å²) in [6.45, 7) is 3.35. The molecule has 2 rings (SSSR count). The van der Waals surface area contributed by atoms with Crippen molar-refractivity contribution in [1.29, 1.82) is 5.26 Å². The van der Waals surface area contributed by atoms with Gasteiger partial charge in [-0.05, 0) is 44.1 Å². The number of anilines is 1. The highest BCUT2D eigenvalue weighted by Gasteiger charge is 2.32. The maximum absolute atomic E-state index is 13.1. The zero-order chi connectivity index (χ0) is 14.4. The van der Waals surface area contributed by atoms with Crippen LogP contribution in [0, 0.1) is 22.6 Å². The number of hydrogen-bond acceptors (Lipinski definition) is 4. The fourth-order valence-corrected chi connectivity index (χ4v) is 2.68. The van der Waals surface area contributed by atoms with Crippen molar-refractivity contribution in [2.24, 2.45) is 5.41 Å². The Bertz CT molecular complexity index is 487. The van der Waals surface area contributed by atoms with Gasteiger partial charge in [0.05, 0.1) is 17.9 Å². The number of piperidine rings is 1. The van der Waals surface area contributed by atoms with Gasteiger partial charge in [0.1, 0.15) is 11.9 Å². The normalized spacial score (nSPS) is 17.4. The lowest BCUT2D eigenvalue weighted by Crippen LogP contribution is -2.44. The van der Waals surface area contributed by atoms with Gasteiger partial charge < -0.3 is 15.4 Å². The first-order valence-electron chi connectivity index (χ1n) is 6.82. The molecule has 0 atom stereocenters. The van der Waals surface area contributed by atoms with Crippen LogP contribution in [0.25, 0.3) is 0 Å². The molecule has 0 unspecified atom stereocenters. The van der Waals surface area contributed by atoms with Crippen LogP contribution >= 0.6 is 0 Å². The molecule has 2 N–H and O–H groups in total. The molecule has 5 heteroatoms. The summed E-state index contributed by atoms with van der Waals surface area (Å²) in [5.41, 5.74) is 1.09. The lowest BCUT2D eigenvalue weighted by Gasteiger charge is -2.37. The van der Waals surface area contributed by atoms with Crippen LogP contribution in [0.15, 0.2) is 18.2 Å². The monoisotopic (exact) mass is 277 g/mol. The zero-order valence-electron chi connectivity index (χ0n) is 11.7. The fraction of sp³-hybridized carbons (Fsp3) is 0.533. The molecule has 108 valence electrons. The van der Waals surface area contributed by atoms with E-state index in [0.717, 1.165) is 32.5 Å². The minimum absolute atomic E-state index is 0.0705. The van der Waals surface area contributed by atoms with E-state index in [-0.39, 0.29) is 11.2 Å². The molecule has 1 heterocycles. The quantitative estimate of drug-likeness (QED) is 0.865. The molecule has 20 heavy (non-hydrogen) atoms. The predicted octanol–water partition coefficient (Wildman–Crippen LogP) is 2.13. The number of hydrogen-bond donors (Lipinski definition) is 2. The van der Waals surface area contributed by atoms with Crippen LogP contribution in [-0.2, 0) is 4.74 Å². The van der Waals surface area contributed by atoms with Gasteiger partial charge >= 0.3 is 0 Å². The highest BCUT2D eigenvalue weighted by Crippen LogP contribution is 2.30. The number of nitriles is 1. The van der Waals surface area contributed by atoms with Gasteiger partial charge in [0.15, 0.2) is 0 Å². The first-order chi connectivity index (χ1) is 9.69. The molecule has 4 nitrogen and oxygen atoms in total. The van der Waals surface area contributed by atoms with Gasteiger partial charge in [-0.15, -0.1) is 0 Å². The smallest absolute Gasteiger partial charge is 0.124 e. The second kappa shape index (κ2) is 6.69. The molecule has 1 aliphatic heterocycles.